The molecule has 3 amide bonds. The third-order valence-electron chi connectivity index (χ3n) is 8.20. The van der Waals surface area contributed by atoms with Crippen LogP contribution in [0.2, 0.25) is 0 Å². The third kappa shape index (κ3) is 7.98. The molecule has 8 nitrogen and oxygen atoms in total. The Morgan fingerprint density at radius 3 is 2.37 bits per heavy atom. The second-order valence-electron chi connectivity index (χ2n) is 11.3. The molecule has 0 radical (unpaired) electrons. The van der Waals surface area contributed by atoms with E-state index in [9.17, 15) is 50.2 Å². The lowest BCUT2D eigenvalue weighted by Crippen LogP contribution is -2.48. The number of halogens is 7. The van der Waals surface area contributed by atoms with E-state index in [0.717, 1.165) is 6.07 Å². The van der Waals surface area contributed by atoms with Gasteiger partial charge in [-0.1, -0.05) is 11.6 Å². The highest BCUT2D eigenvalue weighted by Gasteiger charge is 2.55. The van der Waals surface area contributed by atoms with Gasteiger partial charge in [-0.2, -0.15) is 26.3 Å². The zero-order valence-electron chi connectivity index (χ0n) is 24.7. The molecule has 0 aliphatic heterocycles. The summed E-state index contributed by atoms with van der Waals surface area (Å²) >= 11 is 0. The van der Waals surface area contributed by atoms with Crippen LogP contribution in [-0.2, 0) is 22.2 Å². The summed E-state index contributed by atoms with van der Waals surface area (Å²) < 4.78 is 99.4. The average Bonchev–Trinajstić information content (AvgIpc) is 3.48. The van der Waals surface area contributed by atoms with Crippen molar-refractivity contribution in [2.24, 2.45) is 17.8 Å². The first kappa shape index (κ1) is 34.7. The van der Waals surface area contributed by atoms with Crippen LogP contribution in [0.3, 0.4) is 0 Å². The number of benzene rings is 2. The number of nitrogens with one attached hydrogen (secondary N) is 3. The fraction of sp³-hybridized carbons (Fsp3) is 0.452. The number of alkyl halides is 6. The van der Waals surface area contributed by atoms with Gasteiger partial charge in [0, 0.05) is 30.3 Å². The summed E-state index contributed by atoms with van der Waals surface area (Å²) in [6.07, 6.45) is -9.59. The highest BCUT2D eigenvalue weighted by molar-refractivity contribution is 5.99. The first-order valence-electron chi connectivity index (χ1n) is 14.4. The van der Waals surface area contributed by atoms with Crippen molar-refractivity contribution in [2.45, 2.75) is 57.1 Å². The fourth-order valence-electron chi connectivity index (χ4n) is 6.20. The van der Waals surface area contributed by atoms with E-state index in [4.69, 9.17) is 4.74 Å². The van der Waals surface area contributed by atoms with E-state index >= 15 is 0 Å². The second kappa shape index (κ2) is 13.7. The Kier molecular flexibility index (Phi) is 10.3. The van der Waals surface area contributed by atoms with Gasteiger partial charge in [-0.05, 0) is 74.4 Å². The normalized spacial score (nSPS) is 22.4. The van der Waals surface area contributed by atoms with Gasteiger partial charge in [0.25, 0.3) is 5.91 Å². The number of aliphatic hydroxyl groups excluding tert-OH is 1. The Bertz CT molecular complexity index is 1510. The number of carbonyl (C=O) groups excluding carboxylic acids is 3. The molecule has 5 atom stereocenters. The summed E-state index contributed by atoms with van der Waals surface area (Å²) in [5.41, 5.74) is -1.43. The zero-order chi connectivity index (χ0) is 34.0. The Labute approximate surface area is 259 Å². The van der Waals surface area contributed by atoms with Gasteiger partial charge < -0.3 is 25.8 Å². The van der Waals surface area contributed by atoms with Gasteiger partial charge in [-0.15, -0.1) is 0 Å². The van der Waals surface area contributed by atoms with Crippen LogP contribution in [0.15, 0.2) is 48.0 Å². The number of fused-ring (bicyclic) bond motifs is 2. The van der Waals surface area contributed by atoms with Crippen molar-refractivity contribution in [3.05, 3.63) is 70.6 Å². The molecule has 0 saturated heterocycles. The molecule has 46 heavy (non-hydrogen) atoms. The van der Waals surface area contributed by atoms with E-state index in [-0.39, 0.29) is 42.3 Å². The number of methoxy groups -OCH3 is 1. The number of amides is 3. The molecule has 1 unspecified atom stereocenters. The van der Waals surface area contributed by atoms with E-state index in [1.165, 1.54) is 26.2 Å². The largest absolute Gasteiger partial charge is 0.496 e. The van der Waals surface area contributed by atoms with Crippen molar-refractivity contribution in [3.8, 4) is 5.75 Å². The number of carbonyl (C=O) groups is 3. The Hall–Kier alpha value is -4.14. The predicted octanol–water partition coefficient (Wildman–Crippen LogP) is 5.16. The number of anilines is 1. The summed E-state index contributed by atoms with van der Waals surface area (Å²) in [5.74, 6) is -6.74. The molecule has 2 aliphatic carbocycles. The monoisotopic (exact) mass is 659 g/mol. The lowest BCUT2D eigenvalue weighted by Gasteiger charge is -2.30. The van der Waals surface area contributed by atoms with Gasteiger partial charge in [0.1, 0.15) is 17.7 Å². The number of rotatable bonds is 10. The highest BCUT2D eigenvalue weighted by Crippen LogP contribution is 2.54. The minimum atomic E-state index is -5.06. The number of ether oxygens (including phenoxy) is 1. The summed E-state index contributed by atoms with van der Waals surface area (Å²) in [4.78, 5) is 38.6. The number of hydrogen-bond donors (Lipinski definition) is 4. The summed E-state index contributed by atoms with van der Waals surface area (Å²) in [6.45, 7) is 1.56. The smallest absolute Gasteiger partial charge is 0.419 e. The van der Waals surface area contributed by atoms with Crippen LogP contribution < -0.4 is 20.7 Å². The molecule has 2 saturated carbocycles. The van der Waals surface area contributed by atoms with E-state index < -0.39 is 77.0 Å². The van der Waals surface area contributed by atoms with E-state index in [1.54, 1.807) is 6.07 Å². The maximum Gasteiger partial charge on any atom is 0.419 e. The molecular formula is C31H32F7N3O5. The van der Waals surface area contributed by atoms with Crippen molar-refractivity contribution in [1.29, 1.82) is 0 Å². The number of aliphatic hydroxyl groups is 1. The quantitative estimate of drug-likeness (QED) is 0.160. The van der Waals surface area contributed by atoms with Gasteiger partial charge in [0.15, 0.2) is 0 Å². The van der Waals surface area contributed by atoms with Crippen LogP contribution in [0.1, 0.15) is 47.7 Å². The Morgan fingerprint density at radius 2 is 1.74 bits per heavy atom. The van der Waals surface area contributed by atoms with E-state index in [1.807, 2.05) is 0 Å². The van der Waals surface area contributed by atoms with Gasteiger partial charge in [-0.3, -0.25) is 14.4 Å². The van der Waals surface area contributed by atoms with Crippen molar-refractivity contribution >= 4 is 23.4 Å². The molecule has 4 rings (SSSR count). The summed E-state index contributed by atoms with van der Waals surface area (Å²) in [5, 5.41) is 16.8. The SMILES string of the molecule is COc1ccc(CCCNC(=O)C(C)O)cc1C(=O)N[C@H]1[C@@H](C(=O)Nc2ccc(F)c(C(F)(F)F)c2)[C@H]2CC[C@@H]1/C2=C\C(F)(F)F. The lowest BCUT2D eigenvalue weighted by molar-refractivity contribution is -0.140. The molecule has 2 aromatic carbocycles. The first-order valence-corrected chi connectivity index (χ1v) is 14.4. The number of hydrogen-bond acceptors (Lipinski definition) is 5. The van der Waals surface area contributed by atoms with Gasteiger partial charge >= 0.3 is 12.4 Å². The average molecular weight is 660 g/mol. The van der Waals surface area contributed by atoms with Gasteiger partial charge in [-0.25, -0.2) is 4.39 Å². The molecule has 2 aromatic rings. The standard InChI is InChI=1S/C31H32F7N3O5/c1-15(42)27(43)39-11-3-4-16-5-10-24(46-2)20(12-16)28(44)41-26-19-8-7-18(21(19)14-30(33,34)35)25(26)29(45)40-17-6-9-23(32)22(13-17)31(36,37)38/h5-6,9-10,12-15,18-19,25-26,42H,3-4,7-8,11H2,1-2H3,(H,39,43)(H,40,45)(H,41,44)/b21-14-/t15?,18-,19+,25-,26+/m0/s1. The van der Waals surface area contributed by atoms with Crippen LogP contribution in [0.4, 0.5) is 36.4 Å². The Morgan fingerprint density at radius 1 is 1.04 bits per heavy atom. The van der Waals surface area contributed by atoms with Crippen LogP contribution in [0.25, 0.3) is 0 Å². The molecule has 2 bridgehead atoms. The third-order valence-corrected chi connectivity index (χ3v) is 8.20. The van der Waals surface area contributed by atoms with Crippen LogP contribution >= 0.6 is 0 Å². The zero-order valence-corrected chi connectivity index (χ0v) is 24.7. The van der Waals surface area contributed by atoms with Crippen molar-refractivity contribution < 1.29 is 55.0 Å². The van der Waals surface area contributed by atoms with Gasteiger partial charge in [0.2, 0.25) is 11.8 Å². The van der Waals surface area contributed by atoms with Crippen molar-refractivity contribution in [1.82, 2.24) is 10.6 Å². The fourth-order valence-corrected chi connectivity index (χ4v) is 6.20. The molecule has 2 fully saturated rings. The molecule has 2 aliphatic rings. The highest BCUT2D eigenvalue weighted by atomic mass is 19.4. The molecule has 15 heteroatoms. The predicted molar refractivity (Wildman–Crippen MR) is 151 cm³/mol. The van der Waals surface area contributed by atoms with E-state index in [0.29, 0.717) is 30.5 Å². The van der Waals surface area contributed by atoms with Crippen LogP contribution in [0, 0.1) is 23.6 Å². The maximum absolute atomic E-state index is 13.8. The molecule has 250 valence electrons. The van der Waals surface area contributed by atoms with E-state index in [2.05, 4.69) is 16.0 Å². The molecule has 0 spiro atoms. The topological polar surface area (TPSA) is 117 Å². The summed E-state index contributed by atoms with van der Waals surface area (Å²) in [6, 6.07) is 5.39. The molecule has 0 aromatic heterocycles. The first-order chi connectivity index (χ1) is 21.5. The Balaban J connectivity index is 1.59. The minimum Gasteiger partial charge on any atom is -0.496 e. The van der Waals surface area contributed by atoms with Crippen molar-refractivity contribution in [3.63, 3.8) is 0 Å². The lowest BCUT2D eigenvalue weighted by atomic mass is 9.83. The number of aryl methyl sites for hydroxylation is 1. The second-order valence-corrected chi connectivity index (χ2v) is 11.3. The minimum absolute atomic E-state index is 0.0321. The van der Waals surface area contributed by atoms with Crippen molar-refractivity contribution in [2.75, 3.05) is 19.0 Å². The summed E-state index contributed by atoms with van der Waals surface area (Å²) in [7, 11) is 1.31. The van der Waals surface area contributed by atoms with Gasteiger partial charge in [0.05, 0.1) is 24.2 Å². The molecular weight excluding hydrogens is 627 g/mol. The van der Waals surface area contributed by atoms with Crippen LogP contribution in [-0.4, -0.2) is 54.8 Å². The molecule has 4 N–H and O–H groups in total. The molecule has 0 heterocycles. The van der Waals surface area contributed by atoms with Crippen LogP contribution in [0.5, 0.6) is 5.75 Å². The number of allylic oxidation sites excluding steroid dienone is 1. The maximum atomic E-state index is 13.8.